The number of nitro benzene ring substituents is 1. The number of nitro groups is 1. The van der Waals surface area contributed by atoms with Crippen molar-refractivity contribution in [2.75, 3.05) is 0 Å². The van der Waals surface area contributed by atoms with Gasteiger partial charge < -0.3 is 4.98 Å². The van der Waals surface area contributed by atoms with Crippen LogP contribution in [0.3, 0.4) is 0 Å². The van der Waals surface area contributed by atoms with Crippen LogP contribution in [0, 0.1) is 10.1 Å². The summed E-state index contributed by atoms with van der Waals surface area (Å²) in [7, 11) is 0. The van der Waals surface area contributed by atoms with Crippen LogP contribution in [0.1, 0.15) is 28.4 Å². The van der Waals surface area contributed by atoms with E-state index in [4.69, 9.17) is 0 Å². The van der Waals surface area contributed by atoms with E-state index in [-0.39, 0.29) is 11.3 Å². The lowest BCUT2D eigenvalue weighted by molar-refractivity contribution is -0.384. The van der Waals surface area contributed by atoms with E-state index in [1.165, 1.54) is 29.8 Å². The molecule has 1 amide bonds. The Morgan fingerprint density at radius 2 is 2.12 bits per heavy atom. The highest BCUT2D eigenvalue weighted by molar-refractivity contribution is 6.01. The molecule has 25 heavy (non-hydrogen) atoms. The second-order valence-corrected chi connectivity index (χ2v) is 5.44. The molecule has 2 aromatic carbocycles. The van der Waals surface area contributed by atoms with Gasteiger partial charge in [-0.15, -0.1) is 0 Å². The van der Waals surface area contributed by atoms with Gasteiger partial charge in [-0.25, -0.2) is 5.43 Å². The van der Waals surface area contributed by atoms with Crippen LogP contribution in [0.25, 0.3) is 10.9 Å². The lowest BCUT2D eigenvalue weighted by Gasteiger charge is -2.00. The predicted octanol–water partition coefficient (Wildman–Crippen LogP) is 3.40. The second-order valence-electron chi connectivity index (χ2n) is 5.44. The van der Waals surface area contributed by atoms with Gasteiger partial charge in [0, 0.05) is 40.4 Å². The number of para-hydroxylation sites is 1. The minimum Gasteiger partial charge on any atom is -0.360 e. The number of fused-ring (bicyclic) bond motifs is 1. The summed E-state index contributed by atoms with van der Waals surface area (Å²) in [6.45, 7) is 2.09. The third kappa shape index (κ3) is 3.40. The van der Waals surface area contributed by atoms with Crippen molar-refractivity contribution in [2.24, 2.45) is 5.10 Å². The van der Waals surface area contributed by atoms with E-state index < -0.39 is 10.8 Å². The molecule has 0 unspecified atom stereocenters. The molecule has 0 spiro atoms. The van der Waals surface area contributed by atoms with E-state index in [0.717, 1.165) is 22.9 Å². The van der Waals surface area contributed by atoms with Crippen LogP contribution in [-0.2, 0) is 6.42 Å². The van der Waals surface area contributed by atoms with Crippen molar-refractivity contribution in [2.45, 2.75) is 13.3 Å². The molecule has 0 saturated heterocycles. The fourth-order valence-corrected chi connectivity index (χ4v) is 2.63. The van der Waals surface area contributed by atoms with Crippen molar-refractivity contribution in [3.8, 4) is 0 Å². The van der Waals surface area contributed by atoms with Crippen LogP contribution in [0.2, 0.25) is 0 Å². The molecule has 7 heteroatoms. The number of non-ortho nitro benzene ring substituents is 1. The van der Waals surface area contributed by atoms with Gasteiger partial charge in [0.1, 0.15) is 0 Å². The Morgan fingerprint density at radius 3 is 2.88 bits per heavy atom. The maximum atomic E-state index is 12.1. The molecule has 0 fully saturated rings. The zero-order valence-electron chi connectivity index (χ0n) is 13.5. The van der Waals surface area contributed by atoms with Crippen molar-refractivity contribution in [3.05, 3.63) is 75.5 Å². The number of aromatic amines is 1. The Morgan fingerprint density at radius 1 is 1.32 bits per heavy atom. The Balaban J connectivity index is 1.76. The molecule has 126 valence electrons. The molecule has 0 saturated carbocycles. The minimum absolute atomic E-state index is 0.139. The van der Waals surface area contributed by atoms with E-state index in [2.05, 4.69) is 28.5 Å². The van der Waals surface area contributed by atoms with Crippen LogP contribution in [0.4, 0.5) is 5.69 Å². The summed E-state index contributed by atoms with van der Waals surface area (Å²) >= 11 is 0. The number of aryl methyl sites for hydroxylation is 1. The fraction of sp³-hybridized carbons (Fsp3) is 0.111. The highest BCUT2D eigenvalue weighted by Gasteiger charge is 2.11. The summed E-state index contributed by atoms with van der Waals surface area (Å²) in [6, 6.07) is 11.5. The second kappa shape index (κ2) is 6.96. The number of amides is 1. The molecule has 0 aliphatic rings. The van der Waals surface area contributed by atoms with E-state index in [0.29, 0.717) is 0 Å². The summed E-state index contributed by atoms with van der Waals surface area (Å²) in [5, 5.41) is 15.7. The first-order chi connectivity index (χ1) is 12.1. The molecule has 0 aliphatic heterocycles. The van der Waals surface area contributed by atoms with Crippen LogP contribution < -0.4 is 5.43 Å². The number of rotatable bonds is 5. The minimum atomic E-state index is -0.544. The molecule has 3 aromatic rings. The Labute approximate surface area is 143 Å². The molecular weight excluding hydrogens is 320 g/mol. The zero-order valence-corrected chi connectivity index (χ0v) is 13.5. The zero-order chi connectivity index (χ0) is 17.8. The average molecular weight is 336 g/mol. The molecule has 0 aliphatic carbocycles. The molecule has 0 bridgehead atoms. The smallest absolute Gasteiger partial charge is 0.271 e. The number of carbonyl (C=O) groups is 1. The number of hydrazone groups is 1. The van der Waals surface area contributed by atoms with Crippen molar-refractivity contribution in [3.63, 3.8) is 0 Å². The lowest BCUT2D eigenvalue weighted by atomic mass is 10.1. The average Bonchev–Trinajstić information content (AvgIpc) is 3.05. The van der Waals surface area contributed by atoms with Gasteiger partial charge in [0.2, 0.25) is 0 Å². The maximum Gasteiger partial charge on any atom is 0.271 e. The molecule has 1 heterocycles. The Hall–Kier alpha value is -3.48. The van der Waals surface area contributed by atoms with E-state index in [9.17, 15) is 14.9 Å². The van der Waals surface area contributed by atoms with Gasteiger partial charge in [0.15, 0.2) is 0 Å². The van der Waals surface area contributed by atoms with Crippen LogP contribution in [0.15, 0.2) is 53.8 Å². The maximum absolute atomic E-state index is 12.1. The molecule has 0 radical (unpaired) electrons. The third-order valence-electron chi connectivity index (χ3n) is 3.90. The Kier molecular flexibility index (Phi) is 4.56. The summed E-state index contributed by atoms with van der Waals surface area (Å²) in [6.07, 6.45) is 4.29. The highest BCUT2D eigenvalue weighted by Crippen LogP contribution is 2.21. The first kappa shape index (κ1) is 16.4. The quantitative estimate of drug-likeness (QED) is 0.424. The normalized spacial score (nSPS) is 11.1. The summed E-state index contributed by atoms with van der Waals surface area (Å²) in [5.74, 6) is -0.506. The van der Waals surface area contributed by atoms with Crippen LogP contribution in [0.5, 0.6) is 0 Å². The molecule has 7 nitrogen and oxygen atoms in total. The number of nitrogens with zero attached hydrogens (tertiary/aromatic N) is 2. The molecular formula is C18H16N4O3. The third-order valence-corrected chi connectivity index (χ3v) is 3.90. The largest absolute Gasteiger partial charge is 0.360 e. The van der Waals surface area contributed by atoms with E-state index in [1.807, 2.05) is 18.3 Å². The van der Waals surface area contributed by atoms with Crippen molar-refractivity contribution >= 4 is 28.7 Å². The van der Waals surface area contributed by atoms with Gasteiger partial charge in [0.25, 0.3) is 11.6 Å². The number of carbonyl (C=O) groups excluding carboxylic acids is 1. The lowest BCUT2D eigenvalue weighted by Crippen LogP contribution is -2.17. The van der Waals surface area contributed by atoms with Gasteiger partial charge >= 0.3 is 0 Å². The van der Waals surface area contributed by atoms with Gasteiger partial charge in [-0.1, -0.05) is 31.2 Å². The highest BCUT2D eigenvalue weighted by atomic mass is 16.6. The number of benzene rings is 2. The van der Waals surface area contributed by atoms with Crippen molar-refractivity contribution < 1.29 is 9.72 Å². The van der Waals surface area contributed by atoms with Gasteiger partial charge in [-0.05, 0) is 18.1 Å². The monoisotopic (exact) mass is 336 g/mol. The van der Waals surface area contributed by atoms with Crippen molar-refractivity contribution in [1.82, 2.24) is 10.4 Å². The SMILES string of the molecule is CCc1cccc2c(C=NNC(=O)c3cccc([N+](=O)[O-])c3)c[nH]c12. The molecule has 2 N–H and O–H groups in total. The summed E-state index contributed by atoms with van der Waals surface area (Å²) in [5.41, 5.74) is 5.54. The van der Waals surface area contributed by atoms with E-state index >= 15 is 0 Å². The number of nitrogens with one attached hydrogen (secondary N) is 2. The number of H-pyrrole nitrogens is 1. The van der Waals surface area contributed by atoms with Crippen molar-refractivity contribution in [1.29, 1.82) is 0 Å². The fourth-order valence-electron chi connectivity index (χ4n) is 2.63. The topological polar surface area (TPSA) is 100 Å². The molecule has 1 aromatic heterocycles. The van der Waals surface area contributed by atoms with Gasteiger partial charge in [0.05, 0.1) is 11.1 Å². The van der Waals surface area contributed by atoms with Gasteiger partial charge in [-0.3, -0.25) is 14.9 Å². The molecule has 0 atom stereocenters. The predicted molar refractivity (Wildman–Crippen MR) is 95.8 cm³/mol. The Bertz CT molecular complexity index is 975. The first-order valence-corrected chi connectivity index (χ1v) is 7.77. The summed E-state index contributed by atoms with van der Waals surface area (Å²) in [4.78, 5) is 25.5. The first-order valence-electron chi connectivity index (χ1n) is 7.77. The summed E-state index contributed by atoms with van der Waals surface area (Å²) < 4.78 is 0. The standard InChI is InChI=1S/C18H16N4O3/c1-2-12-5-4-8-16-14(10-19-17(12)16)11-20-21-18(23)13-6-3-7-15(9-13)22(24)25/h3-11,19H,2H2,1H3,(H,21,23). The van der Waals surface area contributed by atoms with Crippen LogP contribution >= 0.6 is 0 Å². The number of hydrogen-bond donors (Lipinski definition) is 2. The number of hydrogen-bond acceptors (Lipinski definition) is 4. The van der Waals surface area contributed by atoms with E-state index in [1.54, 1.807) is 6.21 Å². The van der Waals surface area contributed by atoms with Gasteiger partial charge in [-0.2, -0.15) is 5.10 Å². The van der Waals surface area contributed by atoms with Crippen LogP contribution in [-0.4, -0.2) is 22.0 Å². The number of aromatic nitrogens is 1. The molecule has 3 rings (SSSR count).